The number of allylic oxidation sites excluding steroid dienone is 1. The molecule has 45 heavy (non-hydrogen) atoms. The Bertz CT molecular complexity index is 1770. The van der Waals surface area contributed by atoms with Crippen molar-refractivity contribution in [1.29, 1.82) is 5.26 Å². The molecule has 4 heterocycles. The summed E-state index contributed by atoms with van der Waals surface area (Å²) in [5, 5.41) is 16.3. The molecule has 3 aromatic heterocycles. The number of rotatable bonds is 10. The maximum Gasteiger partial charge on any atom is 0.268 e. The normalized spacial score (nSPS) is 15.6. The molecular weight excluding hydrogens is 586 g/mol. The first kappa shape index (κ1) is 32.1. The van der Waals surface area contributed by atoms with Gasteiger partial charge in [0.1, 0.15) is 11.6 Å². The molecule has 11 heteroatoms. The molecule has 1 aliphatic rings. The number of likely N-dealkylation sites (tertiary alicyclic amines) is 1. The zero-order valence-corrected chi connectivity index (χ0v) is 27.6. The fourth-order valence-corrected chi connectivity index (χ4v) is 6.38. The first-order chi connectivity index (χ1) is 21.4. The minimum atomic E-state index is -0.302. The van der Waals surface area contributed by atoms with Crippen LogP contribution in [0.15, 0.2) is 52.6 Å². The molecule has 1 fully saturated rings. The summed E-state index contributed by atoms with van der Waals surface area (Å²) in [6, 6.07) is 11.7. The van der Waals surface area contributed by atoms with E-state index in [0.717, 1.165) is 40.9 Å². The average molecular weight is 628 g/mol. The van der Waals surface area contributed by atoms with Gasteiger partial charge < -0.3 is 19.2 Å². The van der Waals surface area contributed by atoms with Crippen molar-refractivity contribution in [3.05, 3.63) is 64.5 Å². The molecular formula is C34H41N7O3S. The van der Waals surface area contributed by atoms with Crippen molar-refractivity contribution in [2.75, 3.05) is 18.4 Å². The lowest BCUT2D eigenvalue weighted by Gasteiger charge is -2.26. The van der Waals surface area contributed by atoms with Crippen molar-refractivity contribution < 1.29 is 14.0 Å². The number of nitrogens with zero attached hydrogens (tertiary/aromatic N) is 5. The Morgan fingerprint density at radius 3 is 2.73 bits per heavy atom. The summed E-state index contributed by atoms with van der Waals surface area (Å²) in [5.41, 5.74) is 2.59. The maximum atomic E-state index is 13.5. The summed E-state index contributed by atoms with van der Waals surface area (Å²) < 4.78 is 7.63. The van der Waals surface area contributed by atoms with E-state index in [9.17, 15) is 14.9 Å². The molecule has 0 aliphatic carbocycles. The van der Waals surface area contributed by atoms with Gasteiger partial charge in [0.2, 0.25) is 5.95 Å². The molecule has 10 nitrogen and oxygen atoms in total. The van der Waals surface area contributed by atoms with E-state index in [2.05, 4.69) is 41.6 Å². The van der Waals surface area contributed by atoms with Crippen molar-refractivity contribution >= 4 is 40.1 Å². The third-order valence-electron chi connectivity index (χ3n) is 7.57. The van der Waals surface area contributed by atoms with Crippen LogP contribution in [-0.4, -0.2) is 50.4 Å². The lowest BCUT2D eigenvalue weighted by atomic mass is 9.93. The fraction of sp³-hybridized carbons (Fsp3) is 0.441. The molecule has 0 radical (unpaired) electrons. The number of thiophene rings is 1. The summed E-state index contributed by atoms with van der Waals surface area (Å²) in [6.45, 7) is 14.7. The number of hydrogen-bond acceptors (Lipinski definition) is 8. The quantitative estimate of drug-likeness (QED) is 0.151. The molecule has 5 rings (SSSR count). The smallest absolute Gasteiger partial charge is 0.268 e. The number of nitriles is 1. The molecule has 1 saturated heterocycles. The second-order valence-electron chi connectivity index (χ2n) is 13.1. The van der Waals surface area contributed by atoms with Gasteiger partial charge in [-0.15, -0.1) is 11.3 Å². The van der Waals surface area contributed by atoms with Gasteiger partial charge >= 0.3 is 0 Å². The van der Waals surface area contributed by atoms with Gasteiger partial charge in [-0.25, -0.2) is 9.97 Å². The molecule has 2 N–H and O–H groups in total. The first-order valence-electron chi connectivity index (χ1n) is 15.4. The highest BCUT2D eigenvalue weighted by molar-refractivity contribution is 7.17. The Hall–Kier alpha value is -4.27. The average Bonchev–Trinajstić information content (AvgIpc) is 3.78. The van der Waals surface area contributed by atoms with E-state index in [4.69, 9.17) is 9.40 Å². The Morgan fingerprint density at radius 1 is 1.24 bits per heavy atom. The molecule has 1 aliphatic heterocycles. The maximum absolute atomic E-state index is 13.5. The van der Waals surface area contributed by atoms with Crippen LogP contribution < -0.4 is 10.6 Å². The van der Waals surface area contributed by atoms with E-state index in [1.807, 2.05) is 43.5 Å². The summed E-state index contributed by atoms with van der Waals surface area (Å²) in [6.07, 6.45) is 5.02. The van der Waals surface area contributed by atoms with Crippen LogP contribution in [0.3, 0.4) is 0 Å². The Morgan fingerprint density at radius 2 is 2.04 bits per heavy atom. The zero-order valence-electron chi connectivity index (χ0n) is 26.8. The number of amides is 2. The van der Waals surface area contributed by atoms with Gasteiger partial charge in [-0.3, -0.25) is 14.9 Å². The molecule has 1 atom stereocenters. The lowest BCUT2D eigenvalue weighted by Crippen LogP contribution is -2.39. The van der Waals surface area contributed by atoms with Crippen LogP contribution in [0.5, 0.6) is 0 Å². The third kappa shape index (κ3) is 7.70. The van der Waals surface area contributed by atoms with Crippen molar-refractivity contribution in [1.82, 2.24) is 24.8 Å². The van der Waals surface area contributed by atoms with Gasteiger partial charge in [0.05, 0.1) is 33.0 Å². The van der Waals surface area contributed by atoms with Gasteiger partial charge in [0.15, 0.2) is 11.7 Å². The van der Waals surface area contributed by atoms with Gasteiger partial charge in [0, 0.05) is 26.6 Å². The number of nitrogens with one attached hydrogen (secondary N) is 2. The van der Waals surface area contributed by atoms with Crippen molar-refractivity contribution in [3.8, 4) is 16.7 Å². The van der Waals surface area contributed by atoms with E-state index in [0.29, 0.717) is 48.0 Å². The standard InChI is InChI=1S/C34H41N7O3S/c1-21(2)17-36-18-23-9-10-27-26(14-23)38-33(39-31(42)30-12-11-29(45-30)28-19-37-22(3)44-28)41(27)20-25-8-7-13-40(25)32(43)24(16-35)15-34(4,5)6/h9-12,14-15,19,21,25,36H,7-8,13,17-18,20H2,1-6H3,(H,38,39,42)/b24-15+/t25-/m1/s1. The highest BCUT2D eigenvalue weighted by Gasteiger charge is 2.32. The lowest BCUT2D eigenvalue weighted by molar-refractivity contribution is -0.127. The Kier molecular flexibility index (Phi) is 9.56. The van der Waals surface area contributed by atoms with Crippen LogP contribution in [0.4, 0.5) is 5.95 Å². The molecule has 1 aromatic carbocycles. The molecule has 0 spiro atoms. The third-order valence-corrected chi connectivity index (χ3v) is 8.67. The van der Waals surface area contributed by atoms with Crippen LogP contribution in [0.1, 0.15) is 68.6 Å². The molecule has 2 amide bonds. The van der Waals surface area contributed by atoms with Gasteiger partial charge in [-0.1, -0.05) is 46.8 Å². The monoisotopic (exact) mass is 627 g/mol. The van der Waals surface area contributed by atoms with Crippen LogP contribution in [0.25, 0.3) is 21.7 Å². The topological polar surface area (TPSA) is 129 Å². The Labute approximate surface area is 268 Å². The summed E-state index contributed by atoms with van der Waals surface area (Å²) in [4.78, 5) is 39.2. The summed E-state index contributed by atoms with van der Waals surface area (Å²) in [5.74, 6) is 1.60. The number of carbonyl (C=O) groups excluding carboxylic acids is 2. The van der Waals surface area contributed by atoms with E-state index < -0.39 is 0 Å². The van der Waals surface area contributed by atoms with Gasteiger partial charge in [-0.2, -0.15) is 5.26 Å². The van der Waals surface area contributed by atoms with Crippen molar-refractivity contribution in [2.45, 2.75) is 73.5 Å². The van der Waals surface area contributed by atoms with Crippen LogP contribution in [-0.2, 0) is 17.9 Å². The highest BCUT2D eigenvalue weighted by Crippen LogP contribution is 2.31. The highest BCUT2D eigenvalue weighted by atomic mass is 32.1. The number of aryl methyl sites for hydroxylation is 1. The number of aromatic nitrogens is 3. The number of fused-ring (bicyclic) bond motifs is 1. The second-order valence-corrected chi connectivity index (χ2v) is 14.2. The van der Waals surface area contributed by atoms with E-state index in [-0.39, 0.29) is 28.8 Å². The van der Waals surface area contributed by atoms with E-state index in [1.54, 1.807) is 30.2 Å². The number of imidazole rings is 1. The predicted molar refractivity (Wildman–Crippen MR) is 177 cm³/mol. The van der Waals surface area contributed by atoms with Crippen LogP contribution in [0.2, 0.25) is 0 Å². The molecule has 0 unspecified atom stereocenters. The van der Waals surface area contributed by atoms with E-state index in [1.165, 1.54) is 11.3 Å². The number of carbonyl (C=O) groups is 2. The van der Waals surface area contributed by atoms with Gasteiger partial charge in [-0.05, 0) is 60.5 Å². The van der Waals surface area contributed by atoms with Crippen molar-refractivity contribution in [3.63, 3.8) is 0 Å². The SMILES string of the molecule is Cc1ncc(-c2ccc(C(=O)Nc3nc4cc(CNCC(C)C)ccc4n3C[C@H]3CCCN3C(=O)/C(C#N)=C/C(C)(C)C)s2)o1. The largest absolute Gasteiger partial charge is 0.440 e. The summed E-state index contributed by atoms with van der Waals surface area (Å²) >= 11 is 1.32. The molecule has 0 bridgehead atoms. The molecule has 236 valence electrons. The minimum absolute atomic E-state index is 0.155. The number of benzene rings is 1. The number of anilines is 1. The van der Waals surface area contributed by atoms with Crippen molar-refractivity contribution in [2.24, 2.45) is 11.3 Å². The van der Waals surface area contributed by atoms with Gasteiger partial charge in [0.25, 0.3) is 11.8 Å². The number of oxazole rings is 1. The first-order valence-corrected chi connectivity index (χ1v) is 16.2. The number of hydrogen-bond donors (Lipinski definition) is 2. The zero-order chi connectivity index (χ0) is 32.3. The minimum Gasteiger partial charge on any atom is -0.440 e. The fourth-order valence-electron chi connectivity index (χ4n) is 5.53. The van der Waals surface area contributed by atoms with Crippen LogP contribution >= 0.6 is 11.3 Å². The van der Waals surface area contributed by atoms with Crippen LogP contribution in [0, 0.1) is 29.6 Å². The summed E-state index contributed by atoms with van der Waals surface area (Å²) in [7, 11) is 0. The second kappa shape index (κ2) is 13.4. The molecule has 0 saturated carbocycles. The predicted octanol–water partition coefficient (Wildman–Crippen LogP) is 6.55. The van der Waals surface area contributed by atoms with E-state index >= 15 is 0 Å². The Balaban J connectivity index is 1.45. The molecule has 4 aromatic rings.